The lowest BCUT2D eigenvalue weighted by molar-refractivity contribution is -0.125. The molecule has 4 nitrogen and oxygen atoms in total. The number of hydrogen-bond donors (Lipinski definition) is 2. The van der Waals surface area contributed by atoms with E-state index in [0.29, 0.717) is 13.2 Å². The standard InChI is InChI=1S/C17H24N2O2/c1-11(19-17(20)15-9-21-10-16(15)18)13-7-6-12-4-2-3-5-14(12)8-13/h6-8,11,15-16H,2-5,9-10,18H2,1H3,(H,19,20). The molecule has 1 aromatic rings. The fourth-order valence-corrected chi connectivity index (χ4v) is 3.27. The van der Waals surface area contributed by atoms with Crippen molar-refractivity contribution in [3.63, 3.8) is 0 Å². The first-order valence-corrected chi connectivity index (χ1v) is 7.90. The van der Waals surface area contributed by atoms with Crippen LogP contribution in [0.1, 0.15) is 42.5 Å². The molecule has 3 atom stereocenters. The van der Waals surface area contributed by atoms with Crippen molar-refractivity contribution < 1.29 is 9.53 Å². The van der Waals surface area contributed by atoms with Crippen LogP contribution in [-0.4, -0.2) is 25.2 Å². The molecular formula is C17H24N2O2. The van der Waals surface area contributed by atoms with Gasteiger partial charge in [0.1, 0.15) is 0 Å². The van der Waals surface area contributed by atoms with Gasteiger partial charge in [-0.2, -0.15) is 0 Å². The van der Waals surface area contributed by atoms with Gasteiger partial charge in [0.05, 0.1) is 25.2 Å². The van der Waals surface area contributed by atoms with E-state index in [0.717, 1.165) is 6.42 Å². The highest BCUT2D eigenvalue weighted by Crippen LogP contribution is 2.25. The molecule has 1 aliphatic carbocycles. The van der Waals surface area contributed by atoms with E-state index >= 15 is 0 Å². The molecule has 2 aliphatic rings. The van der Waals surface area contributed by atoms with Gasteiger partial charge >= 0.3 is 0 Å². The van der Waals surface area contributed by atoms with E-state index in [1.165, 1.54) is 36.0 Å². The molecule has 0 saturated carbocycles. The van der Waals surface area contributed by atoms with Crippen molar-refractivity contribution in [2.24, 2.45) is 11.7 Å². The zero-order valence-corrected chi connectivity index (χ0v) is 12.6. The molecule has 0 bridgehead atoms. The van der Waals surface area contributed by atoms with E-state index in [1.54, 1.807) is 0 Å². The lowest BCUT2D eigenvalue weighted by Crippen LogP contribution is -2.41. The zero-order valence-electron chi connectivity index (χ0n) is 12.6. The first kappa shape index (κ1) is 14.5. The van der Waals surface area contributed by atoms with Gasteiger partial charge < -0.3 is 15.8 Å². The number of aryl methyl sites for hydroxylation is 2. The van der Waals surface area contributed by atoms with Crippen LogP contribution in [-0.2, 0) is 22.4 Å². The molecule has 1 aromatic carbocycles. The number of benzene rings is 1. The van der Waals surface area contributed by atoms with Crippen molar-refractivity contribution in [1.82, 2.24) is 5.32 Å². The maximum Gasteiger partial charge on any atom is 0.227 e. The molecule has 1 amide bonds. The Morgan fingerprint density at radius 1 is 1.29 bits per heavy atom. The van der Waals surface area contributed by atoms with Gasteiger partial charge in [0.25, 0.3) is 0 Å². The second-order valence-electron chi connectivity index (χ2n) is 6.27. The van der Waals surface area contributed by atoms with Gasteiger partial charge in [0, 0.05) is 6.04 Å². The maximum atomic E-state index is 12.3. The summed E-state index contributed by atoms with van der Waals surface area (Å²) in [5, 5.41) is 3.08. The Morgan fingerprint density at radius 2 is 2.05 bits per heavy atom. The second kappa shape index (κ2) is 6.16. The Labute approximate surface area is 126 Å². The van der Waals surface area contributed by atoms with Gasteiger partial charge in [0.15, 0.2) is 0 Å². The molecule has 3 N–H and O–H groups in total. The van der Waals surface area contributed by atoms with Gasteiger partial charge in [-0.1, -0.05) is 18.2 Å². The number of carbonyl (C=O) groups is 1. The molecule has 3 unspecified atom stereocenters. The topological polar surface area (TPSA) is 64.3 Å². The second-order valence-corrected chi connectivity index (χ2v) is 6.27. The van der Waals surface area contributed by atoms with Gasteiger partial charge in [-0.05, 0) is 49.3 Å². The third-order valence-electron chi connectivity index (χ3n) is 4.69. The van der Waals surface area contributed by atoms with Crippen molar-refractivity contribution in [3.8, 4) is 0 Å². The number of nitrogens with one attached hydrogen (secondary N) is 1. The quantitative estimate of drug-likeness (QED) is 0.890. The first-order valence-electron chi connectivity index (χ1n) is 7.90. The van der Waals surface area contributed by atoms with E-state index in [-0.39, 0.29) is 23.9 Å². The van der Waals surface area contributed by atoms with E-state index < -0.39 is 0 Å². The van der Waals surface area contributed by atoms with Gasteiger partial charge in [-0.15, -0.1) is 0 Å². The average Bonchev–Trinajstić information content (AvgIpc) is 2.93. The van der Waals surface area contributed by atoms with Crippen molar-refractivity contribution in [2.45, 2.75) is 44.7 Å². The highest BCUT2D eigenvalue weighted by molar-refractivity contribution is 5.80. The fourth-order valence-electron chi connectivity index (χ4n) is 3.27. The summed E-state index contributed by atoms with van der Waals surface area (Å²) in [7, 11) is 0. The number of hydrogen-bond acceptors (Lipinski definition) is 3. The maximum absolute atomic E-state index is 12.3. The molecule has 1 fully saturated rings. The molecule has 3 rings (SSSR count). The third kappa shape index (κ3) is 3.11. The Bertz CT molecular complexity index is 530. The minimum atomic E-state index is -0.218. The Kier molecular flexibility index (Phi) is 4.27. The summed E-state index contributed by atoms with van der Waals surface area (Å²) in [5.41, 5.74) is 9.99. The SMILES string of the molecule is CC(NC(=O)C1COCC1N)c1ccc2c(c1)CCCC2. The summed E-state index contributed by atoms with van der Waals surface area (Å²) in [6, 6.07) is 6.44. The zero-order chi connectivity index (χ0) is 14.8. The summed E-state index contributed by atoms with van der Waals surface area (Å²) in [6.07, 6.45) is 4.90. The molecular weight excluding hydrogens is 264 g/mol. The van der Waals surface area contributed by atoms with Crippen LogP contribution in [0.2, 0.25) is 0 Å². The van der Waals surface area contributed by atoms with E-state index in [1.807, 2.05) is 6.92 Å². The number of rotatable bonds is 3. The summed E-state index contributed by atoms with van der Waals surface area (Å²) >= 11 is 0. The van der Waals surface area contributed by atoms with Crippen LogP contribution in [0, 0.1) is 5.92 Å². The summed E-state index contributed by atoms with van der Waals surface area (Å²) < 4.78 is 5.27. The van der Waals surface area contributed by atoms with E-state index in [4.69, 9.17) is 10.5 Å². The van der Waals surface area contributed by atoms with E-state index in [2.05, 4.69) is 23.5 Å². The van der Waals surface area contributed by atoms with Crippen LogP contribution in [0.3, 0.4) is 0 Å². The van der Waals surface area contributed by atoms with Crippen LogP contribution in [0.15, 0.2) is 18.2 Å². The number of ether oxygens (including phenoxy) is 1. The molecule has 0 spiro atoms. The summed E-state index contributed by atoms with van der Waals surface area (Å²) in [5.74, 6) is -0.213. The predicted octanol–water partition coefficient (Wildman–Crippen LogP) is 1.72. The predicted molar refractivity (Wildman–Crippen MR) is 81.9 cm³/mol. The van der Waals surface area contributed by atoms with Crippen LogP contribution < -0.4 is 11.1 Å². The largest absolute Gasteiger partial charge is 0.379 e. The number of nitrogens with two attached hydrogens (primary N) is 1. The van der Waals surface area contributed by atoms with Crippen LogP contribution in [0.5, 0.6) is 0 Å². The number of amides is 1. The monoisotopic (exact) mass is 288 g/mol. The third-order valence-corrected chi connectivity index (χ3v) is 4.69. The summed E-state index contributed by atoms with van der Waals surface area (Å²) in [4.78, 5) is 12.3. The lowest BCUT2D eigenvalue weighted by atomic mass is 9.89. The van der Waals surface area contributed by atoms with Gasteiger partial charge in [0.2, 0.25) is 5.91 Å². The normalized spacial score (nSPS) is 26.2. The molecule has 4 heteroatoms. The Morgan fingerprint density at radius 3 is 2.76 bits per heavy atom. The van der Waals surface area contributed by atoms with Crippen molar-refractivity contribution in [2.75, 3.05) is 13.2 Å². The molecule has 1 aliphatic heterocycles. The summed E-state index contributed by atoms with van der Waals surface area (Å²) in [6.45, 7) is 2.94. The molecule has 0 aromatic heterocycles. The van der Waals surface area contributed by atoms with Crippen molar-refractivity contribution in [1.29, 1.82) is 0 Å². The fraction of sp³-hybridized carbons (Fsp3) is 0.588. The molecule has 21 heavy (non-hydrogen) atoms. The number of fused-ring (bicyclic) bond motifs is 1. The first-order chi connectivity index (χ1) is 10.1. The molecule has 1 saturated heterocycles. The Hall–Kier alpha value is -1.39. The van der Waals surface area contributed by atoms with Crippen LogP contribution in [0.25, 0.3) is 0 Å². The average molecular weight is 288 g/mol. The van der Waals surface area contributed by atoms with E-state index in [9.17, 15) is 4.79 Å². The minimum absolute atomic E-state index is 0.00483. The molecule has 1 heterocycles. The van der Waals surface area contributed by atoms with Crippen molar-refractivity contribution >= 4 is 5.91 Å². The number of carbonyl (C=O) groups excluding carboxylic acids is 1. The van der Waals surface area contributed by atoms with Crippen LogP contribution in [0.4, 0.5) is 0 Å². The Balaban J connectivity index is 1.67. The van der Waals surface area contributed by atoms with Crippen LogP contribution >= 0.6 is 0 Å². The highest BCUT2D eigenvalue weighted by Gasteiger charge is 2.32. The van der Waals surface area contributed by atoms with Gasteiger partial charge in [-0.25, -0.2) is 0 Å². The van der Waals surface area contributed by atoms with Gasteiger partial charge in [-0.3, -0.25) is 4.79 Å². The van der Waals surface area contributed by atoms with Crippen molar-refractivity contribution in [3.05, 3.63) is 34.9 Å². The lowest BCUT2D eigenvalue weighted by Gasteiger charge is -2.21. The molecule has 0 radical (unpaired) electrons. The highest BCUT2D eigenvalue weighted by atomic mass is 16.5. The molecule has 114 valence electrons. The minimum Gasteiger partial charge on any atom is -0.379 e. The smallest absolute Gasteiger partial charge is 0.227 e.